The molecule has 0 spiro atoms. The topological polar surface area (TPSA) is 61.9 Å². The smallest absolute Gasteiger partial charge is 0.324 e. The number of urea groups is 1. The zero-order valence-electron chi connectivity index (χ0n) is 17.3. The summed E-state index contributed by atoms with van der Waals surface area (Å²) in [6, 6.07) is 7.75. The Morgan fingerprint density at radius 1 is 1.21 bits per heavy atom. The number of para-hydroxylation sites is 2. The number of piperidine rings is 1. The molecule has 2 heterocycles. The lowest BCUT2D eigenvalue weighted by molar-refractivity contribution is -0.126. The van der Waals surface area contributed by atoms with Crippen LogP contribution in [-0.2, 0) is 4.79 Å². The molecule has 1 saturated heterocycles. The maximum absolute atomic E-state index is 13.2. The van der Waals surface area contributed by atoms with Gasteiger partial charge in [0, 0.05) is 25.6 Å². The number of amides is 3. The van der Waals surface area contributed by atoms with Crippen molar-refractivity contribution in [3.05, 3.63) is 24.3 Å². The normalized spacial score (nSPS) is 19.9. The standard InChI is InChI=1S/C22H33N3O3/c1-4-18-15-25(19-7-5-6-8-20(19)28-18)22(27)24-13-10-17(11-14-24)21(26)23-12-9-16(2)3/h5-8,16-18H,4,9-15H2,1-3H3,(H,23,26). The van der Waals surface area contributed by atoms with Crippen LogP contribution in [0.3, 0.4) is 0 Å². The average Bonchev–Trinajstić information content (AvgIpc) is 2.72. The van der Waals surface area contributed by atoms with Gasteiger partial charge in [-0.1, -0.05) is 32.9 Å². The molecule has 1 aromatic rings. The Morgan fingerprint density at radius 3 is 2.61 bits per heavy atom. The molecule has 0 radical (unpaired) electrons. The predicted molar refractivity (Wildman–Crippen MR) is 111 cm³/mol. The van der Waals surface area contributed by atoms with Crippen LogP contribution in [0, 0.1) is 11.8 Å². The molecule has 1 N–H and O–H groups in total. The van der Waals surface area contributed by atoms with E-state index in [1.54, 1.807) is 0 Å². The quantitative estimate of drug-likeness (QED) is 0.839. The lowest BCUT2D eigenvalue weighted by atomic mass is 9.96. The van der Waals surface area contributed by atoms with Crippen molar-refractivity contribution in [3.63, 3.8) is 0 Å². The van der Waals surface area contributed by atoms with Gasteiger partial charge in [-0.05, 0) is 43.7 Å². The van der Waals surface area contributed by atoms with E-state index < -0.39 is 0 Å². The molecule has 28 heavy (non-hydrogen) atoms. The summed E-state index contributed by atoms with van der Waals surface area (Å²) < 4.78 is 5.99. The minimum absolute atomic E-state index is 0.0107. The zero-order valence-corrected chi connectivity index (χ0v) is 17.3. The first-order valence-corrected chi connectivity index (χ1v) is 10.6. The lowest BCUT2D eigenvalue weighted by Gasteiger charge is -2.39. The van der Waals surface area contributed by atoms with Crippen molar-refractivity contribution in [3.8, 4) is 5.75 Å². The van der Waals surface area contributed by atoms with E-state index in [-0.39, 0.29) is 24.0 Å². The van der Waals surface area contributed by atoms with E-state index in [2.05, 4.69) is 26.1 Å². The number of rotatable bonds is 5. The summed E-state index contributed by atoms with van der Waals surface area (Å²) in [6.07, 6.45) is 3.32. The van der Waals surface area contributed by atoms with Crippen LogP contribution in [0.5, 0.6) is 5.75 Å². The molecule has 0 bridgehead atoms. The Kier molecular flexibility index (Phi) is 6.81. The van der Waals surface area contributed by atoms with E-state index in [1.807, 2.05) is 34.1 Å². The molecular weight excluding hydrogens is 354 g/mol. The predicted octanol–water partition coefficient (Wildman–Crippen LogP) is 3.66. The van der Waals surface area contributed by atoms with Gasteiger partial charge in [-0.15, -0.1) is 0 Å². The molecule has 1 fully saturated rings. The first kappa shape index (κ1) is 20.5. The molecule has 0 aromatic heterocycles. The third kappa shape index (κ3) is 4.78. The van der Waals surface area contributed by atoms with E-state index >= 15 is 0 Å². The van der Waals surface area contributed by atoms with E-state index in [9.17, 15) is 9.59 Å². The van der Waals surface area contributed by atoms with Crippen molar-refractivity contribution >= 4 is 17.6 Å². The fraction of sp³-hybridized carbons (Fsp3) is 0.636. The minimum Gasteiger partial charge on any atom is -0.486 e. The molecular formula is C22H33N3O3. The fourth-order valence-corrected chi connectivity index (χ4v) is 3.82. The van der Waals surface area contributed by atoms with Gasteiger partial charge in [-0.3, -0.25) is 9.69 Å². The van der Waals surface area contributed by atoms with Crippen LogP contribution in [0.15, 0.2) is 24.3 Å². The highest BCUT2D eigenvalue weighted by molar-refractivity contribution is 5.94. The maximum Gasteiger partial charge on any atom is 0.324 e. The van der Waals surface area contributed by atoms with Crippen molar-refractivity contribution < 1.29 is 14.3 Å². The SMILES string of the molecule is CCC1CN(C(=O)N2CCC(C(=O)NCCC(C)C)CC2)c2ccccc2O1. The van der Waals surface area contributed by atoms with Crippen LogP contribution < -0.4 is 15.0 Å². The number of ether oxygens (including phenoxy) is 1. The van der Waals surface area contributed by atoms with Gasteiger partial charge < -0.3 is 15.0 Å². The van der Waals surface area contributed by atoms with Gasteiger partial charge in [-0.25, -0.2) is 4.79 Å². The van der Waals surface area contributed by atoms with Gasteiger partial charge in [0.2, 0.25) is 5.91 Å². The van der Waals surface area contributed by atoms with Crippen molar-refractivity contribution in [2.75, 3.05) is 31.1 Å². The van der Waals surface area contributed by atoms with Gasteiger partial charge in [0.25, 0.3) is 0 Å². The summed E-state index contributed by atoms with van der Waals surface area (Å²) in [4.78, 5) is 29.3. The highest BCUT2D eigenvalue weighted by Gasteiger charge is 2.34. The summed E-state index contributed by atoms with van der Waals surface area (Å²) in [5.74, 6) is 1.50. The molecule has 3 rings (SSSR count). The number of hydrogen-bond acceptors (Lipinski definition) is 3. The van der Waals surface area contributed by atoms with E-state index in [0.29, 0.717) is 25.6 Å². The van der Waals surface area contributed by atoms with E-state index in [4.69, 9.17) is 4.74 Å². The third-order valence-corrected chi connectivity index (χ3v) is 5.68. The van der Waals surface area contributed by atoms with Crippen LogP contribution in [0.4, 0.5) is 10.5 Å². The molecule has 6 nitrogen and oxygen atoms in total. The molecule has 6 heteroatoms. The van der Waals surface area contributed by atoms with Crippen molar-refractivity contribution in [2.45, 2.75) is 52.6 Å². The van der Waals surface area contributed by atoms with Gasteiger partial charge >= 0.3 is 6.03 Å². The number of carbonyl (C=O) groups excluding carboxylic acids is 2. The Morgan fingerprint density at radius 2 is 1.93 bits per heavy atom. The molecule has 2 aliphatic heterocycles. The number of anilines is 1. The Balaban J connectivity index is 1.57. The molecule has 3 amide bonds. The maximum atomic E-state index is 13.2. The highest BCUT2D eigenvalue weighted by atomic mass is 16.5. The molecule has 0 aliphatic carbocycles. The summed E-state index contributed by atoms with van der Waals surface area (Å²) in [5, 5.41) is 3.05. The molecule has 1 unspecified atom stereocenters. The summed E-state index contributed by atoms with van der Waals surface area (Å²) in [6.45, 7) is 8.94. The first-order chi connectivity index (χ1) is 13.5. The zero-order chi connectivity index (χ0) is 20.1. The summed E-state index contributed by atoms with van der Waals surface area (Å²) in [5.41, 5.74) is 0.839. The second-order valence-corrected chi connectivity index (χ2v) is 8.24. The fourth-order valence-electron chi connectivity index (χ4n) is 3.82. The van der Waals surface area contributed by atoms with Crippen molar-refractivity contribution in [1.29, 1.82) is 0 Å². The first-order valence-electron chi connectivity index (χ1n) is 10.6. The van der Waals surface area contributed by atoms with Crippen LogP contribution in [-0.4, -0.2) is 49.1 Å². The van der Waals surface area contributed by atoms with Gasteiger partial charge in [0.1, 0.15) is 11.9 Å². The number of hydrogen-bond donors (Lipinski definition) is 1. The lowest BCUT2D eigenvalue weighted by Crippen LogP contribution is -2.52. The number of likely N-dealkylation sites (tertiary alicyclic amines) is 1. The molecule has 0 saturated carbocycles. The molecule has 1 atom stereocenters. The minimum atomic E-state index is 0.0107. The van der Waals surface area contributed by atoms with Gasteiger partial charge in [0.15, 0.2) is 0 Å². The number of carbonyl (C=O) groups is 2. The molecule has 154 valence electrons. The Labute approximate surface area is 168 Å². The number of nitrogens with one attached hydrogen (secondary N) is 1. The van der Waals surface area contributed by atoms with Crippen LogP contribution >= 0.6 is 0 Å². The monoisotopic (exact) mass is 387 g/mol. The second-order valence-electron chi connectivity index (χ2n) is 8.24. The summed E-state index contributed by atoms with van der Waals surface area (Å²) >= 11 is 0. The van der Waals surface area contributed by atoms with Crippen LogP contribution in [0.1, 0.15) is 46.5 Å². The molecule has 1 aromatic carbocycles. The highest BCUT2D eigenvalue weighted by Crippen LogP contribution is 2.34. The van der Waals surface area contributed by atoms with Crippen LogP contribution in [0.25, 0.3) is 0 Å². The van der Waals surface area contributed by atoms with Crippen molar-refractivity contribution in [2.24, 2.45) is 11.8 Å². The molecule has 2 aliphatic rings. The largest absolute Gasteiger partial charge is 0.486 e. The van der Waals surface area contributed by atoms with E-state index in [1.165, 1.54) is 0 Å². The Hall–Kier alpha value is -2.24. The number of benzene rings is 1. The number of nitrogens with zero attached hydrogens (tertiary/aromatic N) is 2. The van der Waals surface area contributed by atoms with Gasteiger partial charge in [-0.2, -0.15) is 0 Å². The van der Waals surface area contributed by atoms with Crippen molar-refractivity contribution in [1.82, 2.24) is 10.2 Å². The third-order valence-electron chi connectivity index (χ3n) is 5.68. The Bertz CT molecular complexity index is 683. The number of fused-ring (bicyclic) bond motifs is 1. The summed E-state index contributed by atoms with van der Waals surface area (Å²) in [7, 11) is 0. The van der Waals surface area contributed by atoms with Crippen LogP contribution in [0.2, 0.25) is 0 Å². The van der Waals surface area contributed by atoms with E-state index in [0.717, 1.165) is 43.7 Å². The van der Waals surface area contributed by atoms with Gasteiger partial charge in [0.05, 0.1) is 12.2 Å². The second kappa shape index (κ2) is 9.30. The average molecular weight is 388 g/mol.